The second-order valence-electron chi connectivity index (χ2n) is 19.4. The molecule has 0 saturated carbocycles. The highest BCUT2D eigenvalue weighted by molar-refractivity contribution is 5.00. The Bertz CT molecular complexity index is 1730. The lowest BCUT2D eigenvalue weighted by molar-refractivity contribution is -0.409. The molecule has 1 unspecified atom stereocenters. The fourth-order valence-corrected chi connectivity index (χ4v) is 9.79. The van der Waals surface area contributed by atoms with Crippen molar-refractivity contribution in [3.05, 3.63) is 0 Å². The van der Waals surface area contributed by atoms with Gasteiger partial charge < -0.3 is 159 Å². The van der Waals surface area contributed by atoms with Gasteiger partial charge in [-0.2, -0.15) is 0 Å². The molecule has 0 amide bonds. The highest BCUT2D eigenvalue weighted by atomic mass is 16.8. The zero-order chi connectivity index (χ0) is 54.4. The molecule has 7 aliphatic heterocycles. The minimum atomic E-state index is -2.22. The average Bonchev–Trinajstić information content (AvgIpc) is 3.37. The molecule has 0 aromatic rings. The Morgan fingerprint density at radius 3 is 1.22 bits per heavy atom. The van der Waals surface area contributed by atoms with Crippen LogP contribution in [0.3, 0.4) is 0 Å². The number of aliphatic hydroxyl groups is 19. The number of ether oxygens (including phenoxy) is 13. The van der Waals surface area contributed by atoms with Crippen molar-refractivity contribution in [2.75, 3.05) is 26.4 Å². The first-order valence-electron chi connectivity index (χ1n) is 24.1. The maximum absolute atomic E-state index is 11.6. The summed E-state index contributed by atoms with van der Waals surface area (Å²) in [5.41, 5.74) is 0. The molecule has 0 spiro atoms. The van der Waals surface area contributed by atoms with E-state index < -0.39 is 235 Å². The summed E-state index contributed by atoms with van der Waals surface area (Å²) in [5.74, 6) is 0. The first-order valence-corrected chi connectivity index (χ1v) is 24.1. The fourth-order valence-electron chi connectivity index (χ4n) is 9.79. The zero-order valence-electron chi connectivity index (χ0n) is 40.0. The lowest BCUT2D eigenvalue weighted by Gasteiger charge is -2.51. The van der Waals surface area contributed by atoms with Gasteiger partial charge in [0.05, 0.1) is 50.8 Å². The summed E-state index contributed by atoms with van der Waals surface area (Å²) in [5, 5.41) is 203. The molecule has 7 saturated heterocycles. The maximum atomic E-state index is 11.6. The van der Waals surface area contributed by atoms with Crippen LogP contribution in [0.4, 0.5) is 0 Å². The average molecular weight is 1090 g/mol. The third-order valence-electron chi connectivity index (χ3n) is 14.3. The molecular formula is C42H72O32. The molecule has 32 nitrogen and oxygen atoms in total. The Labute approximate surface area is 420 Å². The summed E-state index contributed by atoms with van der Waals surface area (Å²) in [6.07, 6.45) is -60.4. The minimum Gasteiger partial charge on any atom is -0.394 e. The first kappa shape index (κ1) is 60.4. The normalized spacial score (nSPS) is 54.7. The van der Waals surface area contributed by atoms with E-state index in [1.807, 2.05) is 0 Å². The van der Waals surface area contributed by atoms with Crippen molar-refractivity contribution < 1.29 is 159 Å². The maximum Gasteiger partial charge on any atom is 0.187 e. The van der Waals surface area contributed by atoms with E-state index in [1.54, 1.807) is 0 Å². The van der Waals surface area contributed by atoms with Crippen LogP contribution >= 0.6 is 0 Å². The number of rotatable bonds is 16. The van der Waals surface area contributed by atoms with Gasteiger partial charge in [-0.15, -0.1) is 0 Å². The van der Waals surface area contributed by atoms with Crippen molar-refractivity contribution in [1.82, 2.24) is 0 Å². The van der Waals surface area contributed by atoms with Crippen LogP contribution in [0.2, 0.25) is 0 Å². The summed E-state index contributed by atoms with van der Waals surface area (Å²) in [7, 11) is 0. The van der Waals surface area contributed by atoms with Crippen molar-refractivity contribution in [3.63, 3.8) is 0 Å². The molecule has 0 bridgehead atoms. The first-order chi connectivity index (χ1) is 35.0. The molecule has 7 fully saturated rings. The van der Waals surface area contributed by atoms with Gasteiger partial charge in [-0.1, -0.05) is 0 Å². The number of hydrogen-bond acceptors (Lipinski definition) is 32. The molecule has 34 atom stereocenters. The van der Waals surface area contributed by atoms with E-state index in [2.05, 4.69) is 0 Å². The monoisotopic (exact) mass is 1090 g/mol. The second kappa shape index (κ2) is 25.4. The number of hydrogen-bond donors (Lipinski definition) is 19. The van der Waals surface area contributed by atoms with Gasteiger partial charge in [0, 0.05) is 6.42 Å². The van der Waals surface area contributed by atoms with E-state index in [0.29, 0.717) is 0 Å². The van der Waals surface area contributed by atoms with Crippen molar-refractivity contribution in [2.24, 2.45) is 0 Å². The second-order valence-corrected chi connectivity index (χ2v) is 19.4. The SMILES string of the molecule is C[C@@H]1OC(O)[C@H](O)[C@H](O)[C@H]1O[C@H]1O[C@H](CO)[C@@H](O)[C@H](O[C@H]2O[C@H](C)[C@H](O)C[C@H]2O)[C@@H]1O[C@@H]1O[C@H](CO)[C@H](O[C@@H]2O[C@@H](C)[C@H](O[C@H]3O[C@H](CO)[C@@H](O)[C@H](O)[C@@H]3O[C@@H]3O[C@H](CO)[C@H](O)[C@H](O)[C@H]3O)[C@@H](O)[C@H]2O)[C@H](O)[C@H]1O. The molecule has 432 valence electrons. The van der Waals surface area contributed by atoms with Crippen LogP contribution in [0.15, 0.2) is 0 Å². The highest BCUT2D eigenvalue weighted by Crippen LogP contribution is 2.38. The minimum absolute atomic E-state index is 0.262. The Morgan fingerprint density at radius 1 is 0.284 bits per heavy atom. The van der Waals surface area contributed by atoms with Gasteiger partial charge in [-0.25, -0.2) is 0 Å². The third kappa shape index (κ3) is 12.4. The molecule has 0 radical (unpaired) electrons. The number of aliphatic hydroxyl groups excluding tert-OH is 19. The Hall–Kier alpha value is -1.28. The van der Waals surface area contributed by atoms with Gasteiger partial charge in [0.1, 0.15) is 140 Å². The van der Waals surface area contributed by atoms with Crippen LogP contribution in [-0.4, -0.2) is 332 Å². The molecule has 0 aliphatic carbocycles. The van der Waals surface area contributed by atoms with Gasteiger partial charge in [0.25, 0.3) is 0 Å². The molecule has 0 aromatic heterocycles. The molecule has 0 aromatic carbocycles. The lowest BCUT2D eigenvalue weighted by Crippen LogP contribution is -2.68. The van der Waals surface area contributed by atoms with Crippen LogP contribution in [-0.2, 0) is 61.6 Å². The molecule has 7 heterocycles. The smallest absolute Gasteiger partial charge is 0.187 e. The molecule has 19 N–H and O–H groups in total. The van der Waals surface area contributed by atoms with Gasteiger partial charge in [0.15, 0.2) is 44.0 Å². The predicted molar refractivity (Wildman–Crippen MR) is 226 cm³/mol. The van der Waals surface area contributed by atoms with Crippen molar-refractivity contribution >= 4 is 0 Å². The Kier molecular flexibility index (Phi) is 20.8. The van der Waals surface area contributed by atoms with Gasteiger partial charge in [-0.05, 0) is 20.8 Å². The lowest BCUT2D eigenvalue weighted by atomic mass is 9.95. The van der Waals surface area contributed by atoms with E-state index in [-0.39, 0.29) is 6.42 Å². The molecular weight excluding hydrogens is 1020 g/mol. The zero-order valence-corrected chi connectivity index (χ0v) is 40.0. The van der Waals surface area contributed by atoms with Crippen molar-refractivity contribution in [3.8, 4) is 0 Å². The fraction of sp³-hybridized carbons (Fsp3) is 1.00. The van der Waals surface area contributed by atoms with Crippen LogP contribution in [0.5, 0.6) is 0 Å². The topological polar surface area (TPSA) is 504 Å². The molecule has 7 aliphatic rings. The summed E-state index contributed by atoms with van der Waals surface area (Å²) in [6, 6.07) is 0. The van der Waals surface area contributed by atoms with E-state index >= 15 is 0 Å². The molecule has 74 heavy (non-hydrogen) atoms. The Balaban J connectivity index is 1.07. The summed E-state index contributed by atoms with van der Waals surface area (Å²) in [6.45, 7) is 0.400. The van der Waals surface area contributed by atoms with Crippen molar-refractivity contribution in [2.45, 2.75) is 236 Å². The van der Waals surface area contributed by atoms with Gasteiger partial charge >= 0.3 is 0 Å². The van der Waals surface area contributed by atoms with E-state index in [4.69, 9.17) is 61.6 Å². The van der Waals surface area contributed by atoms with E-state index in [9.17, 15) is 97.0 Å². The molecule has 7 rings (SSSR count). The summed E-state index contributed by atoms with van der Waals surface area (Å²) in [4.78, 5) is 0. The predicted octanol–water partition coefficient (Wildman–Crippen LogP) is -12.2. The van der Waals surface area contributed by atoms with E-state index in [1.165, 1.54) is 20.8 Å². The van der Waals surface area contributed by atoms with Crippen LogP contribution in [0.25, 0.3) is 0 Å². The molecule has 32 heteroatoms. The van der Waals surface area contributed by atoms with Gasteiger partial charge in [0.2, 0.25) is 0 Å². The highest BCUT2D eigenvalue weighted by Gasteiger charge is 2.58. The quantitative estimate of drug-likeness (QED) is 0.0682. The van der Waals surface area contributed by atoms with E-state index in [0.717, 1.165) is 0 Å². The largest absolute Gasteiger partial charge is 0.394 e. The third-order valence-corrected chi connectivity index (χ3v) is 14.3. The van der Waals surface area contributed by atoms with Crippen LogP contribution < -0.4 is 0 Å². The Morgan fingerprint density at radius 2 is 0.649 bits per heavy atom. The van der Waals surface area contributed by atoms with Crippen LogP contribution in [0, 0.1) is 0 Å². The van der Waals surface area contributed by atoms with Crippen molar-refractivity contribution in [1.29, 1.82) is 0 Å². The summed E-state index contributed by atoms with van der Waals surface area (Å²) >= 11 is 0. The van der Waals surface area contributed by atoms with Crippen LogP contribution in [0.1, 0.15) is 27.2 Å². The standard InChI is InChI=1S/C42H72O32/c1-9-12(47)4-13(48)37(63-9)72-33-20(51)16(7-45)67-42(70-30-10(2)62-36(61)26(57)23(30)54)35(33)74-40-29(60)25(56)32(17(8-46)68-40)71-38-28(59)24(55)31(11(3)64-38)69-41-34(22(53)19(50)15(6-44)66-41)73-39-27(58)21(52)18(49)14(5-43)65-39/h9-61H,4-8H2,1-3H3/t9-,10+,11+,12-,13-,14-,15-,16-,17-,18+,19-,20-,21+,22+,23+,24+,25-,26-,27-,28-,29-,30+,31+,32+,33+,34+,35+,36?,37-,38+,39+,40+,41-,42-/m1/s1. The van der Waals surface area contributed by atoms with Gasteiger partial charge in [-0.3, -0.25) is 0 Å². The summed E-state index contributed by atoms with van der Waals surface area (Å²) < 4.78 is 75.0.